The molecule has 0 aliphatic carbocycles. The molecule has 24 heavy (non-hydrogen) atoms. The molecule has 1 unspecified atom stereocenters. The molecule has 134 valence electrons. The number of nitrogens with zero attached hydrogens (tertiary/aromatic N) is 1. The Bertz CT molecular complexity index is 639. The van der Waals surface area contributed by atoms with Gasteiger partial charge in [0, 0.05) is 6.07 Å². The predicted molar refractivity (Wildman–Crippen MR) is 80.0 cm³/mol. The van der Waals surface area contributed by atoms with Gasteiger partial charge in [0.25, 0.3) is 6.23 Å². The highest BCUT2D eigenvalue weighted by molar-refractivity contribution is 7.47. The molecular weight excluding hydrogens is 341 g/mol. The fraction of sp³-hybridized carbons (Fsp3) is 0.571. The molecule has 10 heteroatoms. The number of Topliss-reactive ketones (excluding diaryl/α,β-unsaturated/α-hetero) is 1. The van der Waals surface area contributed by atoms with E-state index in [1.54, 1.807) is 18.3 Å². The summed E-state index contributed by atoms with van der Waals surface area (Å²) < 4.78 is 27.8. The monoisotopic (exact) mass is 362 g/mol. The maximum Gasteiger partial charge on any atom is 0.472 e. The van der Waals surface area contributed by atoms with Crippen molar-refractivity contribution in [1.29, 1.82) is 0 Å². The molecule has 0 amide bonds. The second kappa shape index (κ2) is 7.79. The lowest BCUT2D eigenvalue weighted by Crippen LogP contribution is -2.46. The van der Waals surface area contributed by atoms with E-state index in [-0.39, 0.29) is 12.4 Å². The maximum atomic E-state index is 11.5. The van der Waals surface area contributed by atoms with Crippen molar-refractivity contribution in [1.82, 2.24) is 0 Å². The molecule has 5 atom stereocenters. The number of hydrogen-bond donors (Lipinski definition) is 3. The van der Waals surface area contributed by atoms with Crippen LogP contribution in [0.4, 0.5) is 0 Å². The standard InChI is InChI=1S/C14H20NO8P/c1-3-21-24(19,20)22-8-11-12(17)13(18)14(23-11)15-6-4-5-10(7-15)9(2)16/h4-7,11-14,17-18H,3,8H2,1-2H3/p+1/t11-,12-,13-,14-/m1/s1. The molecule has 1 aromatic heterocycles. The van der Waals surface area contributed by atoms with Crippen molar-refractivity contribution in [2.24, 2.45) is 0 Å². The number of carbonyl (C=O) groups is 1. The van der Waals surface area contributed by atoms with Gasteiger partial charge < -0.3 is 19.8 Å². The van der Waals surface area contributed by atoms with Crippen molar-refractivity contribution in [3.8, 4) is 0 Å². The summed E-state index contributed by atoms with van der Waals surface area (Å²) >= 11 is 0. The van der Waals surface area contributed by atoms with Gasteiger partial charge in [0.05, 0.1) is 18.8 Å². The zero-order valence-corrected chi connectivity index (χ0v) is 14.2. The largest absolute Gasteiger partial charge is 0.472 e. The van der Waals surface area contributed by atoms with Gasteiger partial charge in [-0.1, -0.05) is 0 Å². The highest BCUT2D eigenvalue weighted by Gasteiger charge is 2.49. The van der Waals surface area contributed by atoms with Crippen LogP contribution >= 0.6 is 7.82 Å². The van der Waals surface area contributed by atoms with E-state index in [2.05, 4.69) is 4.52 Å². The van der Waals surface area contributed by atoms with Gasteiger partial charge in [0.15, 0.2) is 24.3 Å². The molecule has 1 aromatic rings. The molecule has 0 saturated carbocycles. The Morgan fingerprint density at radius 3 is 2.71 bits per heavy atom. The third-order valence-electron chi connectivity index (χ3n) is 3.55. The third-order valence-corrected chi connectivity index (χ3v) is 4.61. The van der Waals surface area contributed by atoms with Crippen LogP contribution < -0.4 is 4.57 Å². The summed E-state index contributed by atoms with van der Waals surface area (Å²) in [6.07, 6.45) is -1.55. The maximum absolute atomic E-state index is 11.5. The van der Waals surface area contributed by atoms with Gasteiger partial charge in [-0.15, -0.1) is 0 Å². The lowest BCUT2D eigenvalue weighted by Gasteiger charge is -2.16. The van der Waals surface area contributed by atoms with E-state index in [1.165, 1.54) is 24.6 Å². The number of aliphatic hydroxyl groups is 2. The van der Waals surface area contributed by atoms with Crippen LogP contribution in [0.5, 0.6) is 0 Å². The highest BCUT2D eigenvalue weighted by atomic mass is 31.2. The van der Waals surface area contributed by atoms with Crippen molar-refractivity contribution in [2.45, 2.75) is 38.4 Å². The summed E-state index contributed by atoms with van der Waals surface area (Å²) in [7, 11) is -4.23. The molecular formula is C14H21NO8P+. The average molecular weight is 362 g/mol. The zero-order chi connectivity index (χ0) is 17.9. The molecule has 2 heterocycles. The summed E-state index contributed by atoms with van der Waals surface area (Å²) in [5.41, 5.74) is 0.415. The minimum atomic E-state index is -4.23. The summed E-state index contributed by atoms with van der Waals surface area (Å²) in [6, 6.07) is 3.22. The second-order valence-corrected chi connectivity index (χ2v) is 6.78. The fourth-order valence-electron chi connectivity index (χ4n) is 2.34. The number of ketones is 1. The minimum absolute atomic E-state index is 0.0131. The van der Waals surface area contributed by atoms with E-state index in [4.69, 9.17) is 9.26 Å². The summed E-state index contributed by atoms with van der Waals surface area (Å²) in [5, 5.41) is 20.2. The summed E-state index contributed by atoms with van der Waals surface area (Å²) in [5.74, 6) is -0.157. The third kappa shape index (κ3) is 4.46. The Morgan fingerprint density at radius 2 is 2.08 bits per heavy atom. The Labute approximate surface area is 139 Å². The first-order chi connectivity index (χ1) is 11.2. The first-order valence-electron chi connectivity index (χ1n) is 7.40. The van der Waals surface area contributed by atoms with Crippen LogP contribution in [0.15, 0.2) is 24.5 Å². The predicted octanol–water partition coefficient (Wildman–Crippen LogP) is -0.0506. The zero-order valence-electron chi connectivity index (χ0n) is 13.3. The van der Waals surface area contributed by atoms with Crippen LogP contribution in [0.25, 0.3) is 0 Å². The van der Waals surface area contributed by atoms with Crippen LogP contribution in [0.1, 0.15) is 30.4 Å². The summed E-state index contributed by atoms with van der Waals surface area (Å²) in [4.78, 5) is 20.8. The number of aromatic nitrogens is 1. The van der Waals surface area contributed by atoms with E-state index in [0.717, 1.165) is 0 Å². The van der Waals surface area contributed by atoms with Crippen LogP contribution in [-0.2, 0) is 18.3 Å². The minimum Gasteiger partial charge on any atom is -0.387 e. The van der Waals surface area contributed by atoms with Crippen molar-refractivity contribution < 1.29 is 42.8 Å². The Balaban J connectivity index is 2.08. The normalized spacial score (nSPS) is 29.4. The number of aliphatic hydroxyl groups excluding tert-OH is 2. The molecule has 1 saturated heterocycles. The number of rotatable bonds is 7. The Kier molecular flexibility index (Phi) is 6.22. The number of phosphoric ester groups is 1. The van der Waals surface area contributed by atoms with Crippen LogP contribution in [-0.4, -0.2) is 52.4 Å². The van der Waals surface area contributed by atoms with Crippen LogP contribution in [0.3, 0.4) is 0 Å². The Morgan fingerprint density at radius 1 is 1.38 bits per heavy atom. The molecule has 0 spiro atoms. The molecule has 0 radical (unpaired) electrons. The van der Waals surface area contributed by atoms with Crippen molar-refractivity contribution in [3.63, 3.8) is 0 Å². The smallest absolute Gasteiger partial charge is 0.387 e. The van der Waals surface area contributed by atoms with E-state index in [9.17, 15) is 24.5 Å². The van der Waals surface area contributed by atoms with Gasteiger partial charge in [0.2, 0.25) is 0 Å². The topological polar surface area (TPSA) is 126 Å². The first kappa shape index (κ1) is 19.1. The molecule has 0 bridgehead atoms. The highest BCUT2D eigenvalue weighted by Crippen LogP contribution is 2.43. The molecule has 0 aromatic carbocycles. The van der Waals surface area contributed by atoms with E-state index < -0.39 is 39.0 Å². The lowest BCUT2D eigenvalue weighted by molar-refractivity contribution is -0.765. The van der Waals surface area contributed by atoms with Crippen molar-refractivity contribution in [3.05, 3.63) is 30.1 Å². The van der Waals surface area contributed by atoms with Gasteiger partial charge >= 0.3 is 7.82 Å². The molecule has 9 nitrogen and oxygen atoms in total. The number of ether oxygens (including phenoxy) is 1. The van der Waals surface area contributed by atoms with Crippen molar-refractivity contribution in [2.75, 3.05) is 13.2 Å². The van der Waals surface area contributed by atoms with Gasteiger partial charge in [-0.3, -0.25) is 13.8 Å². The average Bonchev–Trinajstić information content (AvgIpc) is 2.81. The van der Waals surface area contributed by atoms with Crippen molar-refractivity contribution >= 4 is 13.6 Å². The van der Waals surface area contributed by atoms with Gasteiger partial charge in [0.1, 0.15) is 12.2 Å². The molecule has 1 fully saturated rings. The van der Waals surface area contributed by atoms with Crippen LogP contribution in [0, 0.1) is 0 Å². The van der Waals surface area contributed by atoms with Gasteiger partial charge in [-0.25, -0.2) is 4.57 Å². The quantitative estimate of drug-likeness (QED) is 0.350. The number of carbonyl (C=O) groups excluding carboxylic acids is 1. The Hall–Kier alpha value is -1.19. The first-order valence-corrected chi connectivity index (χ1v) is 8.90. The SMILES string of the molecule is CCOP(=O)(O)OC[C@H]1O[C@@H]([n+]2cccc(C(C)=O)c2)[C@H](O)[C@@H]1O. The number of hydrogen-bond acceptors (Lipinski definition) is 7. The fourth-order valence-corrected chi connectivity index (χ4v) is 3.08. The van der Waals surface area contributed by atoms with E-state index in [1.807, 2.05) is 0 Å². The lowest BCUT2D eigenvalue weighted by atomic mass is 10.1. The number of phosphoric acid groups is 1. The molecule has 2 rings (SSSR count). The van der Waals surface area contributed by atoms with E-state index in [0.29, 0.717) is 5.56 Å². The number of pyridine rings is 1. The van der Waals surface area contributed by atoms with Crippen LogP contribution in [0.2, 0.25) is 0 Å². The van der Waals surface area contributed by atoms with E-state index >= 15 is 0 Å². The summed E-state index contributed by atoms with van der Waals surface area (Å²) in [6.45, 7) is 2.49. The molecule has 1 aliphatic heterocycles. The molecule has 1 aliphatic rings. The molecule has 3 N–H and O–H groups in total. The van der Waals surface area contributed by atoms with Gasteiger partial charge in [-0.2, -0.15) is 4.57 Å². The van der Waals surface area contributed by atoms with Gasteiger partial charge in [-0.05, 0) is 19.9 Å². The second-order valence-electron chi connectivity index (χ2n) is 5.32.